The highest BCUT2D eigenvalue weighted by Crippen LogP contribution is 2.29. The van der Waals surface area contributed by atoms with E-state index in [1.165, 1.54) is 18.2 Å². The van der Waals surface area contributed by atoms with Gasteiger partial charge in [-0.2, -0.15) is 0 Å². The van der Waals surface area contributed by atoms with Crippen molar-refractivity contribution in [1.29, 1.82) is 0 Å². The van der Waals surface area contributed by atoms with Crippen molar-refractivity contribution in [2.45, 2.75) is 31.9 Å². The van der Waals surface area contributed by atoms with Gasteiger partial charge < -0.3 is 15.5 Å². The Hall–Kier alpha value is -2.19. The third-order valence-electron chi connectivity index (χ3n) is 3.91. The number of rotatable bonds is 4. The van der Waals surface area contributed by atoms with Crippen LogP contribution in [0.1, 0.15) is 30.6 Å². The molecule has 21 heavy (non-hydrogen) atoms. The van der Waals surface area contributed by atoms with Crippen molar-refractivity contribution in [3.63, 3.8) is 0 Å². The van der Waals surface area contributed by atoms with Gasteiger partial charge in [-0.05, 0) is 26.3 Å². The van der Waals surface area contributed by atoms with E-state index in [-0.39, 0.29) is 23.0 Å². The minimum absolute atomic E-state index is 0.00447. The summed E-state index contributed by atoms with van der Waals surface area (Å²) in [6.07, 6.45) is 0.551. The third-order valence-corrected chi connectivity index (χ3v) is 3.91. The number of carbonyl (C=O) groups is 1. The number of nitrogens with zero attached hydrogens (tertiary/aromatic N) is 1. The smallest absolute Gasteiger partial charge is 0.294 e. The van der Waals surface area contributed by atoms with Crippen LogP contribution in [0.5, 0.6) is 0 Å². The van der Waals surface area contributed by atoms with Crippen LogP contribution in [-0.4, -0.2) is 29.1 Å². The van der Waals surface area contributed by atoms with Crippen LogP contribution in [0, 0.1) is 10.1 Å². The molecule has 1 aliphatic heterocycles. The fourth-order valence-corrected chi connectivity index (χ4v) is 2.36. The van der Waals surface area contributed by atoms with Gasteiger partial charge in [-0.15, -0.1) is 0 Å². The second kappa shape index (κ2) is 5.66. The second-order valence-electron chi connectivity index (χ2n) is 5.24. The molecule has 2 rings (SSSR count). The number of nitro benzene ring substituents is 1. The molecule has 2 atom stereocenters. The first-order valence-corrected chi connectivity index (χ1v) is 6.57. The van der Waals surface area contributed by atoms with Gasteiger partial charge in [0.1, 0.15) is 5.69 Å². The lowest BCUT2D eigenvalue weighted by molar-refractivity contribution is -0.384. The molecule has 0 bridgehead atoms. The number of amides is 1. The zero-order valence-electron chi connectivity index (χ0n) is 11.9. The van der Waals surface area contributed by atoms with Crippen molar-refractivity contribution in [2.75, 3.05) is 12.0 Å². The van der Waals surface area contributed by atoms with Gasteiger partial charge in [0.25, 0.3) is 11.6 Å². The zero-order chi connectivity index (χ0) is 15.6. The Bertz CT molecular complexity index is 577. The number of carbonyl (C=O) groups excluding carboxylic acids is 1. The Labute approximate surface area is 121 Å². The van der Waals surface area contributed by atoms with Crippen LogP contribution in [-0.2, 0) is 4.74 Å². The van der Waals surface area contributed by atoms with E-state index >= 15 is 0 Å². The van der Waals surface area contributed by atoms with E-state index in [2.05, 4.69) is 10.7 Å². The molecule has 0 spiro atoms. The van der Waals surface area contributed by atoms with Gasteiger partial charge in [0.2, 0.25) is 0 Å². The standard InChI is InChI=1S/C13H18N4O4/c1-8-13(2,6-7-21-8)15-12(18)9-4-3-5-10(17(19)20)11(9)16-14/h3-5,8,16H,6-7,14H2,1-2H3,(H,15,18). The molecule has 0 saturated carbocycles. The van der Waals surface area contributed by atoms with Crippen LogP contribution in [0.25, 0.3) is 0 Å². The molecule has 1 aliphatic rings. The minimum atomic E-state index is -0.588. The van der Waals surface area contributed by atoms with Crippen molar-refractivity contribution in [2.24, 2.45) is 5.84 Å². The van der Waals surface area contributed by atoms with E-state index in [9.17, 15) is 14.9 Å². The number of ether oxygens (including phenoxy) is 1. The maximum atomic E-state index is 12.4. The van der Waals surface area contributed by atoms with E-state index in [0.717, 1.165) is 0 Å². The Morgan fingerprint density at radius 3 is 2.81 bits per heavy atom. The minimum Gasteiger partial charge on any atom is -0.376 e. The molecule has 1 heterocycles. The topological polar surface area (TPSA) is 120 Å². The summed E-state index contributed by atoms with van der Waals surface area (Å²) in [6.45, 7) is 4.33. The van der Waals surface area contributed by atoms with Crippen LogP contribution in [0.2, 0.25) is 0 Å². The fourth-order valence-electron chi connectivity index (χ4n) is 2.36. The number of para-hydroxylation sites is 1. The Kier molecular flexibility index (Phi) is 4.10. The molecule has 2 unspecified atom stereocenters. The first kappa shape index (κ1) is 15.2. The van der Waals surface area contributed by atoms with E-state index in [0.29, 0.717) is 13.0 Å². The second-order valence-corrected chi connectivity index (χ2v) is 5.24. The van der Waals surface area contributed by atoms with Gasteiger partial charge in [-0.3, -0.25) is 20.8 Å². The number of nitrogen functional groups attached to an aromatic ring is 1. The highest BCUT2D eigenvalue weighted by Gasteiger charge is 2.39. The largest absolute Gasteiger partial charge is 0.376 e. The van der Waals surface area contributed by atoms with E-state index < -0.39 is 16.4 Å². The highest BCUT2D eigenvalue weighted by atomic mass is 16.6. The van der Waals surface area contributed by atoms with Crippen LogP contribution < -0.4 is 16.6 Å². The number of hydrogen-bond acceptors (Lipinski definition) is 6. The summed E-state index contributed by atoms with van der Waals surface area (Å²) in [4.78, 5) is 22.8. The first-order valence-electron chi connectivity index (χ1n) is 6.57. The van der Waals surface area contributed by atoms with Gasteiger partial charge in [0.05, 0.1) is 22.1 Å². The SMILES string of the molecule is CC1OCCC1(C)NC(=O)c1cccc([N+](=O)[O-])c1NN. The fraction of sp³-hybridized carbons (Fsp3) is 0.462. The molecule has 8 heteroatoms. The van der Waals surface area contributed by atoms with Crippen LogP contribution in [0.15, 0.2) is 18.2 Å². The molecule has 1 aromatic carbocycles. The molecule has 4 N–H and O–H groups in total. The zero-order valence-corrected chi connectivity index (χ0v) is 11.9. The average Bonchev–Trinajstić information content (AvgIpc) is 2.77. The highest BCUT2D eigenvalue weighted by molar-refractivity contribution is 6.02. The number of nitro groups is 1. The van der Waals surface area contributed by atoms with Gasteiger partial charge >= 0.3 is 0 Å². The van der Waals surface area contributed by atoms with Gasteiger partial charge in [0, 0.05) is 12.7 Å². The lowest BCUT2D eigenvalue weighted by Crippen LogP contribution is -2.50. The number of hydrogen-bond donors (Lipinski definition) is 3. The molecule has 0 aliphatic carbocycles. The van der Waals surface area contributed by atoms with E-state index in [4.69, 9.17) is 10.6 Å². The molecular weight excluding hydrogens is 276 g/mol. The lowest BCUT2D eigenvalue weighted by Gasteiger charge is -2.29. The van der Waals surface area contributed by atoms with Crippen molar-refractivity contribution in [1.82, 2.24) is 5.32 Å². The molecule has 1 amide bonds. The van der Waals surface area contributed by atoms with E-state index in [1.807, 2.05) is 13.8 Å². The predicted molar refractivity (Wildman–Crippen MR) is 76.8 cm³/mol. The van der Waals surface area contributed by atoms with Gasteiger partial charge in [-0.1, -0.05) is 6.07 Å². The Morgan fingerprint density at radius 1 is 1.57 bits per heavy atom. The van der Waals surface area contributed by atoms with Crippen molar-refractivity contribution in [3.05, 3.63) is 33.9 Å². The molecule has 1 aromatic rings. The Morgan fingerprint density at radius 2 is 2.29 bits per heavy atom. The monoisotopic (exact) mass is 294 g/mol. The first-order chi connectivity index (χ1) is 9.89. The summed E-state index contributed by atoms with van der Waals surface area (Å²) in [7, 11) is 0. The van der Waals surface area contributed by atoms with E-state index in [1.54, 1.807) is 0 Å². The summed E-state index contributed by atoms with van der Waals surface area (Å²) in [6, 6.07) is 4.22. The summed E-state index contributed by atoms with van der Waals surface area (Å²) in [5.41, 5.74) is 1.62. The van der Waals surface area contributed by atoms with Crippen molar-refractivity contribution >= 4 is 17.3 Å². The molecule has 8 nitrogen and oxygen atoms in total. The number of hydrazine groups is 1. The summed E-state index contributed by atoms with van der Waals surface area (Å²) >= 11 is 0. The predicted octanol–water partition coefficient (Wildman–Crippen LogP) is 1.18. The van der Waals surface area contributed by atoms with Gasteiger partial charge in [0.15, 0.2) is 0 Å². The molecule has 0 radical (unpaired) electrons. The molecule has 1 saturated heterocycles. The molecule has 114 valence electrons. The summed E-state index contributed by atoms with van der Waals surface area (Å²) in [5.74, 6) is 4.91. The van der Waals surface area contributed by atoms with Gasteiger partial charge in [-0.25, -0.2) is 0 Å². The molecule has 0 aromatic heterocycles. The number of nitrogens with two attached hydrogens (primary N) is 1. The lowest BCUT2D eigenvalue weighted by atomic mass is 9.94. The molecular formula is C13H18N4O4. The van der Waals surface area contributed by atoms with Crippen LogP contribution >= 0.6 is 0 Å². The summed E-state index contributed by atoms with van der Waals surface area (Å²) in [5, 5.41) is 13.9. The van der Waals surface area contributed by atoms with Crippen molar-refractivity contribution < 1.29 is 14.5 Å². The Balaban J connectivity index is 2.31. The number of benzene rings is 1. The third kappa shape index (κ3) is 2.81. The number of anilines is 1. The average molecular weight is 294 g/mol. The maximum absolute atomic E-state index is 12.4. The van der Waals surface area contributed by atoms with Crippen molar-refractivity contribution in [3.8, 4) is 0 Å². The van der Waals surface area contributed by atoms with Crippen LogP contribution in [0.4, 0.5) is 11.4 Å². The molecule has 1 fully saturated rings. The summed E-state index contributed by atoms with van der Waals surface area (Å²) < 4.78 is 5.46. The van der Waals surface area contributed by atoms with Crippen LogP contribution in [0.3, 0.4) is 0 Å². The quantitative estimate of drug-likeness (QED) is 0.436. The maximum Gasteiger partial charge on any atom is 0.294 e. The number of nitrogens with one attached hydrogen (secondary N) is 2. The normalized spacial score (nSPS) is 24.6.